The Bertz CT molecular complexity index is 318. The lowest BCUT2D eigenvalue weighted by Crippen LogP contribution is -2.14. The van der Waals surface area contributed by atoms with Crippen LogP contribution in [0.3, 0.4) is 0 Å². The highest BCUT2D eigenvalue weighted by Crippen LogP contribution is 2.13. The van der Waals surface area contributed by atoms with E-state index < -0.39 is 0 Å². The fourth-order valence-electron chi connectivity index (χ4n) is 1.54. The molecule has 0 bridgehead atoms. The predicted octanol–water partition coefficient (Wildman–Crippen LogP) is 1.57. The largest absolute Gasteiger partial charge is 0.491 e. The van der Waals surface area contributed by atoms with Gasteiger partial charge in [0.05, 0.1) is 19.8 Å². The van der Waals surface area contributed by atoms with E-state index in [0.29, 0.717) is 19.8 Å². The van der Waals surface area contributed by atoms with Crippen molar-refractivity contribution in [1.82, 2.24) is 5.32 Å². The Morgan fingerprint density at radius 3 is 2.89 bits per heavy atom. The van der Waals surface area contributed by atoms with Crippen molar-refractivity contribution < 1.29 is 14.6 Å². The summed E-state index contributed by atoms with van der Waals surface area (Å²) >= 11 is 0. The number of hydrogen-bond donors (Lipinski definition) is 2. The third kappa shape index (κ3) is 6.59. The van der Waals surface area contributed by atoms with Crippen molar-refractivity contribution >= 4 is 0 Å². The van der Waals surface area contributed by atoms with Crippen LogP contribution in [0.4, 0.5) is 0 Å². The highest BCUT2D eigenvalue weighted by Gasteiger charge is 1.97. The Morgan fingerprint density at radius 2 is 2.11 bits per heavy atom. The third-order valence-corrected chi connectivity index (χ3v) is 2.39. The molecule has 0 radical (unpaired) electrons. The first kappa shape index (κ1) is 15.0. The molecule has 2 N–H and O–H groups in total. The average Bonchev–Trinajstić information content (AvgIpc) is 2.39. The lowest BCUT2D eigenvalue weighted by molar-refractivity contribution is 0.0705. The standard InChI is InChI=1S/C14H23NO3/c1-2-6-15-12-13-4-3-5-14(11-13)18-10-9-17-8-7-16/h3-5,11,15-16H,2,6-10,12H2,1H3. The molecule has 0 fully saturated rings. The molecule has 0 unspecified atom stereocenters. The van der Waals surface area contributed by atoms with Crippen molar-refractivity contribution in [3.05, 3.63) is 29.8 Å². The maximum Gasteiger partial charge on any atom is 0.119 e. The molecule has 0 aliphatic rings. The van der Waals surface area contributed by atoms with Crippen LogP contribution < -0.4 is 10.1 Å². The number of hydrogen-bond acceptors (Lipinski definition) is 4. The summed E-state index contributed by atoms with van der Waals surface area (Å²) in [6.45, 7) is 5.47. The Morgan fingerprint density at radius 1 is 1.22 bits per heavy atom. The van der Waals surface area contributed by atoms with Crippen LogP contribution >= 0.6 is 0 Å². The Kier molecular flexibility index (Phi) is 8.21. The molecule has 18 heavy (non-hydrogen) atoms. The molecule has 0 amide bonds. The number of rotatable bonds is 10. The van der Waals surface area contributed by atoms with E-state index in [1.165, 1.54) is 5.56 Å². The summed E-state index contributed by atoms with van der Waals surface area (Å²) in [4.78, 5) is 0. The van der Waals surface area contributed by atoms with Gasteiger partial charge in [0.2, 0.25) is 0 Å². The second-order valence-corrected chi connectivity index (χ2v) is 4.01. The molecule has 4 nitrogen and oxygen atoms in total. The Balaban J connectivity index is 2.26. The van der Waals surface area contributed by atoms with Gasteiger partial charge in [-0.15, -0.1) is 0 Å². The minimum atomic E-state index is 0.0541. The Hall–Kier alpha value is -1.10. The first-order valence-corrected chi connectivity index (χ1v) is 6.48. The molecule has 0 aliphatic carbocycles. The fourth-order valence-corrected chi connectivity index (χ4v) is 1.54. The quantitative estimate of drug-likeness (QED) is 0.622. The lowest BCUT2D eigenvalue weighted by Gasteiger charge is -2.09. The van der Waals surface area contributed by atoms with Gasteiger partial charge < -0.3 is 19.9 Å². The monoisotopic (exact) mass is 253 g/mol. The fraction of sp³-hybridized carbons (Fsp3) is 0.571. The molecule has 0 aliphatic heterocycles. The van der Waals surface area contributed by atoms with Crippen LogP contribution in [-0.2, 0) is 11.3 Å². The highest BCUT2D eigenvalue weighted by atomic mass is 16.5. The number of nitrogens with one attached hydrogen (secondary N) is 1. The minimum Gasteiger partial charge on any atom is -0.491 e. The van der Waals surface area contributed by atoms with E-state index in [1.54, 1.807) is 0 Å². The van der Waals surface area contributed by atoms with E-state index in [2.05, 4.69) is 18.3 Å². The molecule has 0 spiro atoms. The van der Waals surface area contributed by atoms with Crippen molar-refractivity contribution in [3.8, 4) is 5.75 Å². The number of benzene rings is 1. The van der Waals surface area contributed by atoms with E-state index in [-0.39, 0.29) is 6.61 Å². The first-order chi connectivity index (χ1) is 8.86. The van der Waals surface area contributed by atoms with Gasteiger partial charge in [0, 0.05) is 6.54 Å². The highest BCUT2D eigenvalue weighted by molar-refractivity contribution is 5.28. The second kappa shape index (κ2) is 9.88. The van der Waals surface area contributed by atoms with Crippen LogP contribution in [-0.4, -0.2) is 38.1 Å². The zero-order valence-electron chi connectivity index (χ0n) is 11.0. The topological polar surface area (TPSA) is 50.7 Å². The number of ether oxygens (including phenoxy) is 2. The Labute approximate surface area is 109 Å². The summed E-state index contributed by atoms with van der Waals surface area (Å²) in [7, 11) is 0. The van der Waals surface area contributed by atoms with Crippen LogP contribution in [0.5, 0.6) is 5.75 Å². The summed E-state index contributed by atoms with van der Waals surface area (Å²) < 4.78 is 10.7. The zero-order chi connectivity index (χ0) is 13.1. The van der Waals surface area contributed by atoms with E-state index >= 15 is 0 Å². The van der Waals surface area contributed by atoms with Crippen molar-refractivity contribution in [2.24, 2.45) is 0 Å². The van der Waals surface area contributed by atoms with Gasteiger partial charge in [-0.3, -0.25) is 0 Å². The molecule has 0 saturated heterocycles. The van der Waals surface area contributed by atoms with E-state index in [0.717, 1.165) is 25.3 Å². The molecule has 0 atom stereocenters. The van der Waals surface area contributed by atoms with Crippen LogP contribution in [0.15, 0.2) is 24.3 Å². The van der Waals surface area contributed by atoms with Gasteiger partial charge in [-0.2, -0.15) is 0 Å². The van der Waals surface area contributed by atoms with Gasteiger partial charge in [-0.05, 0) is 30.7 Å². The van der Waals surface area contributed by atoms with Gasteiger partial charge in [0.1, 0.15) is 12.4 Å². The smallest absolute Gasteiger partial charge is 0.119 e. The molecule has 1 aromatic rings. The van der Waals surface area contributed by atoms with Crippen molar-refractivity contribution in [2.75, 3.05) is 33.0 Å². The van der Waals surface area contributed by atoms with E-state index in [1.807, 2.05) is 18.2 Å². The molecule has 1 aromatic carbocycles. The average molecular weight is 253 g/mol. The molecule has 102 valence electrons. The van der Waals surface area contributed by atoms with Gasteiger partial charge in [0.15, 0.2) is 0 Å². The predicted molar refractivity (Wildman–Crippen MR) is 71.8 cm³/mol. The van der Waals surface area contributed by atoms with Gasteiger partial charge in [-0.1, -0.05) is 19.1 Å². The van der Waals surface area contributed by atoms with Crippen molar-refractivity contribution in [3.63, 3.8) is 0 Å². The zero-order valence-corrected chi connectivity index (χ0v) is 11.0. The van der Waals surface area contributed by atoms with Crippen LogP contribution in [0.2, 0.25) is 0 Å². The summed E-state index contributed by atoms with van der Waals surface area (Å²) in [5.41, 5.74) is 1.22. The van der Waals surface area contributed by atoms with Gasteiger partial charge in [0.25, 0.3) is 0 Å². The summed E-state index contributed by atoms with van der Waals surface area (Å²) in [6, 6.07) is 8.05. The normalized spacial score (nSPS) is 10.6. The molecular formula is C14H23NO3. The maximum absolute atomic E-state index is 8.55. The van der Waals surface area contributed by atoms with E-state index in [4.69, 9.17) is 14.6 Å². The second-order valence-electron chi connectivity index (χ2n) is 4.01. The van der Waals surface area contributed by atoms with Gasteiger partial charge in [-0.25, -0.2) is 0 Å². The number of aliphatic hydroxyl groups excluding tert-OH is 1. The first-order valence-electron chi connectivity index (χ1n) is 6.48. The van der Waals surface area contributed by atoms with Crippen LogP contribution in [0.25, 0.3) is 0 Å². The molecule has 0 heterocycles. The van der Waals surface area contributed by atoms with Crippen molar-refractivity contribution in [1.29, 1.82) is 0 Å². The molecule has 0 saturated carbocycles. The molecule has 0 aromatic heterocycles. The lowest BCUT2D eigenvalue weighted by atomic mass is 10.2. The number of aliphatic hydroxyl groups is 1. The minimum absolute atomic E-state index is 0.0541. The summed E-state index contributed by atoms with van der Waals surface area (Å²) in [6.07, 6.45) is 1.14. The van der Waals surface area contributed by atoms with Gasteiger partial charge >= 0.3 is 0 Å². The van der Waals surface area contributed by atoms with Crippen LogP contribution in [0.1, 0.15) is 18.9 Å². The molecule has 1 rings (SSSR count). The maximum atomic E-state index is 8.55. The molecule has 4 heteroatoms. The summed E-state index contributed by atoms with van der Waals surface area (Å²) in [5, 5.41) is 11.9. The third-order valence-electron chi connectivity index (χ3n) is 2.39. The van der Waals surface area contributed by atoms with Crippen molar-refractivity contribution in [2.45, 2.75) is 19.9 Å². The van der Waals surface area contributed by atoms with E-state index in [9.17, 15) is 0 Å². The molecular weight excluding hydrogens is 230 g/mol. The summed E-state index contributed by atoms with van der Waals surface area (Å²) in [5.74, 6) is 0.860. The van der Waals surface area contributed by atoms with Crippen LogP contribution in [0, 0.1) is 0 Å². The SMILES string of the molecule is CCCNCc1cccc(OCCOCCO)c1.